The molecule has 0 bridgehead atoms. The summed E-state index contributed by atoms with van der Waals surface area (Å²) in [6.07, 6.45) is 4.39. The van der Waals surface area contributed by atoms with Gasteiger partial charge in [-0.3, -0.25) is 9.78 Å². The van der Waals surface area contributed by atoms with E-state index in [0.29, 0.717) is 44.6 Å². The van der Waals surface area contributed by atoms with E-state index < -0.39 is 6.04 Å². The molecule has 0 aliphatic rings. The fourth-order valence-corrected chi connectivity index (χ4v) is 7.25. The van der Waals surface area contributed by atoms with Crippen molar-refractivity contribution in [2.75, 3.05) is 14.1 Å². The zero-order valence-electron chi connectivity index (χ0n) is 30.1. The third-order valence-electron chi connectivity index (χ3n) is 8.84. The number of nitrogens with one attached hydrogen (secondary N) is 1. The molecule has 0 spiro atoms. The van der Waals surface area contributed by atoms with Crippen LogP contribution in [0.3, 0.4) is 0 Å². The van der Waals surface area contributed by atoms with Gasteiger partial charge in [0.05, 0.1) is 33.7 Å². The van der Waals surface area contributed by atoms with Crippen LogP contribution < -0.4 is 5.32 Å². The van der Waals surface area contributed by atoms with Crippen LogP contribution in [-0.4, -0.2) is 63.9 Å². The maximum Gasteiger partial charge on any atom is 0.410 e. The number of rotatable bonds is 18. The Morgan fingerprint density at radius 2 is 1.54 bits per heavy atom. The van der Waals surface area contributed by atoms with E-state index in [-0.39, 0.29) is 42.4 Å². The molecule has 3 atom stereocenters. The quantitative estimate of drug-likeness (QED) is 0.111. The molecular weight excluding hydrogens is 667 g/mol. The van der Waals surface area contributed by atoms with E-state index in [1.807, 2.05) is 55.6 Å². The van der Waals surface area contributed by atoms with Crippen molar-refractivity contribution in [2.45, 2.75) is 91.0 Å². The number of urea groups is 1. The van der Waals surface area contributed by atoms with Gasteiger partial charge in [0.2, 0.25) is 0 Å². The molecular formula is C39H51N5O4S2. The monoisotopic (exact) mass is 717 g/mol. The number of nitrogens with zero attached hydrogens (tertiary/aromatic N) is 4. The second kappa shape index (κ2) is 19.3. The van der Waals surface area contributed by atoms with Crippen LogP contribution >= 0.6 is 22.7 Å². The fraction of sp³-hybridized carbons (Fsp3) is 0.462. The summed E-state index contributed by atoms with van der Waals surface area (Å²) in [7, 11) is 3.52. The van der Waals surface area contributed by atoms with Gasteiger partial charge in [0, 0.05) is 44.1 Å². The molecule has 268 valence electrons. The maximum absolute atomic E-state index is 14.0. The number of ketones is 1. The molecule has 3 amide bonds. The molecule has 2 aromatic heterocycles. The molecule has 0 fully saturated rings. The van der Waals surface area contributed by atoms with Crippen molar-refractivity contribution in [1.82, 2.24) is 25.1 Å². The predicted octanol–water partition coefficient (Wildman–Crippen LogP) is 8.37. The highest BCUT2D eigenvalue weighted by molar-refractivity contribution is 7.09. The van der Waals surface area contributed by atoms with Gasteiger partial charge in [0.25, 0.3) is 0 Å². The highest BCUT2D eigenvalue weighted by Gasteiger charge is 2.29. The number of carbonyl (C=O) groups is 3. The molecule has 2 aromatic carbocycles. The number of amides is 3. The number of Topliss-reactive ketones (excluding diaryl/α,β-unsaturated/α-hetero) is 1. The Balaban J connectivity index is 1.46. The summed E-state index contributed by atoms with van der Waals surface area (Å²) < 4.78 is 5.65. The van der Waals surface area contributed by atoms with Crippen molar-refractivity contribution in [3.8, 4) is 0 Å². The number of aromatic nitrogens is 2. The second-order valence-electron chi connectivity index (χ2n) is 13.6. The fourth-order valence-electron chi connectivity index (χ4n) is 5.92. The van der Waals surface area contributed by atoms with E-state index in [1.165, 1.54) is 11.3 Å². The molecule has 9 nitrogen and oxygen atoms in total. The third kappa shape index (κ3) is 12.1. The molecule has 0 aliphatic carbocycles. The van der Waals surface area contributed by atoms with Gasteiger partial charge in [0.1, 0.15) is 6.61 Å². The maximum atomic E-state index is 14.0. The van der Waals surface area contributed by atoms with E-state index >= 15 is 0 Å². The number of ether oxygens (including phenoxy) is 1. The van der Waals surface area contributed by atoms with Crippen LogP contribution in [0.2, 0.25) is 0 Å². The van der Waals surface area contributed by atoms with Crippen molar-refractivity contribution in [3.05, 3.63) is 104 Å². The first kappa shape index (κ1) is 38.7. The average Bonchev–Trinajstić information content (AvgIpc) is 3.81. The number of hydrogen-bond donors (Lipinski definition) is 1. The molecule has 11 heteroatoms. The molecule has 3 unspecified atom stereocenters. The number of thiazole rings is 2. The molecule has 1 N–H and O–H groups in total. The highest BCUT2D eigenvalue weighted by atomic mass is 32.1. The van der Waals surface area contributed by atoms with Crippen LogP contribution in [0.25, 0.3) is 0 Å². The summed E-state index contributed by atoms with van der Waals surface area (Å²) in [5, 5.41) is 6.06. The minimum atomic E-state index is -0.630. The molecule has 0 saturated carbocycles. The van der Waals surface area contributed by atoms with Gasteiger partial charge in [-0.25, -0.2) is 14.6 Å². The van der Waals surface area contributed by atoms with Gasteiger partial charge in [-0.2, -0.15) is 0 Å². The lowest BCUT2D eigenvalue weighted by molar-refractivity contribution is -0.122. The third-order valence-corrected chi connectivity index (χ3v) is 10.8. The molecule has 4 aromatic rings. The molecule has 0 saturated heterocycles. The number of hydrogen-bond acceptors (Lipinski definition) is 8. The minimum absolute atomic E-state index is 0.00475. The Kier molecular flexibility index (Phi) is 15.0. The van der Waals surface area contributed by atoms with Crippen molar-refractivity contribution in [1.29, 1.82) is 0 Å². The van der Waals surface area contributed by atoms with E-state index in [4.69, 9.17) is 4.74 Å². The lowest BCUT2D eigenvalue weighted by atomic mass is 9.85. The van der Waals surface area contributed by atoms with Crippen molar-refractivity contribution < 1.29 is 19.1 Å². The van der Waals surface area contributed by atoms with Crippen LogP contribution in [0.4, 0.5) is 9.59 Å². The van der Waals surface area contributed by atoms with Gasteiger partial charge >= 0.3 is 12.1 Å². The number of benzene rings is 2. The van der Waals surface area contributed by atoms with Crippen LogP contribution in [0.5, 0.6) is 0 Å². The summed E-state index contributed by atoms with van der Waals surface area (Å²) in [6, 6.07) is 19.2. The Morgan fingerprint density at radius 3 is 2.12 bits per heavy atom. The Labute approximate surface area is 305 Å². The normalized spacial score (nSPS) is 13.1. The van der Waals surface area contributed by atoms with Crippen molar-refractivity contribution >= 4 is 40.6 Å². The van der Waals surface area contributed by atoms with E-state index in [9.17, 15) is 14.4 Å². The highest BCUT2D eigenvalue weighted by Crippen LogP contribution is 2.25. The van der Waals surface area contributed by atoms with Gasteiger partial charge in [0.15, 0.2) is 5.78 Å². The second-order valence-corrected chi connectivity index (χ2v) is 15.5. The van der Waals surface area contributed by atoms with Gasteiger partial charge in [-0.1, -0.05) is 88.4 Å². The summed E-state index contributed by atoms with van der Waals surface area (Å²) in [5.74, 6) is 0.256. The SMILES string of the molecule is CC(C)c1nc(CN(C)C(=O)NC(C(=O)CC(CCC(Cc2ccccc2)N(C)C(=O)OCc2cncs2)Cc2ccccc2)C(C)C)cs1. The Hall–Kier alpha value is -4.09. The van der Waals surface area contributed by atoms with Crippen LogP contribution in [0.15, 0.2) is 77.8 Å². The summed E-state index contributed by atoms with van der Waals surface area (Å²) in [6.45, 7) is 8.68. The van der Waals surface area contributed by atoms with Gasteiger partial charge in [-0.05, 0) is 48.6 Å². The first-order chi connectivity index (χ1) is 24.0. The molecule has 50 heavy (non-hydrogen) atoms. The van der Waals surface area contributed by atoms with Crippen molar-refractivity contribution in [2.24, 2.45) is 11.8 Å². The van der Waals surface area contributed by atoms with E-state index in [0.717, 1.165) is 26.7 Å². The Morgan fingerprint density at radius 1 is 0.880 bits per heavy atom. The molecule has 0 radical (unpaired) electrons. The summed E-state index contributed by atoms with van der Waals surface area (Å²) >= 11 is 3.05. The average molecular weight is 718 g/mol. The minimum Gasteiger partial charge on any atom is -0.444 e. The van der Waals surface area contributed by atoms with E-state index in [2.05, 4.69) is 53.4 Å². The first-order valence-corrected chi connectivity index (χ1v) is 19.1. The first-order valence-electron chi connectivity index (χ1n) is 17.3. The zero-order valence-corrected chi connectivity index (χ0v) is 31.7. The van der Waals surface area contributed by atoms with E-state index in [1.54, 1.807) is 46.9 Å². The number of likely N-dealkylation sites (N-methyl/N-ethyl adjacent to an activating group) is 1. The van der Waals surface area contributed by atoms with Crippen LogP contribution in [-0.2, 0) is 35.5 Å². The lowest BCUT2D eigenvalue weighted by Crippen LogP contribution is -2.49. The van der Waals surface area contributed by atoms with Gasteiger partial charge < -0.3 is 19.9 Å². The number of carbonyl (C=O) groups excluding carboxylic acids is 3. The zero-order chi connectivity index (χ0) is 36.0. The topological polar surface area (TPSA) is 105 Å². The molecule has 2 heterocycles. The largest absolute Gasteiger partial charge is 0.444 e. The molecule has 0 aliphatic heterocycles. The van der Waals surface area contributed by atoms with Crippen LogP contribution in [0.1, 0.15) is 79.6 Å². The predicted molar refractivity (Wildman–Crippen MR) is 201 cm³/mol. The van der Waals surface area contributed by atoms with Gasteiger partial charge in [-0.15, -0.1) is 22.7 Å². The lowest BCUT2D eigenvalue weighted by Gasteiger charge is -2.30. The standard InChI is InChI=1S/C39H51N5O4S2/c1-27(2)36(42-38(46)43(5)23-32-25-49-37(41-32)28(3)4)35(45)21-31(19-29-13-9-7-10-14-29)17-18-33(20-30-15-11-8-12-16-30)44(6)39(47)48-24-34-22-40-26-50-34/h7-16,22,25-28,31,33,36H,17-21,23-24H2,1-6H3,(H,42,46). The Bertz CT molecular complexity index is 1610. The van der Waals surface area contributed by atoms with Crippen molar-refractivity contribution in [3.63, 3.8) is 0 Å². The summed E-state index contributed by atoms with van der Waals surface area (Å²) in [5.41, 5.74) is 4.84. The smallest absolute Gasteiger partial charge is 0.410 e. The summed E-state index contributed by atoms with van der Waals surface area (Å²) in [4.78, 5) is 53.5. The van der Waals surface area contributed by atoms with Crippen LogP contribution in [0, 0.1) is 11.8 Å². The molecule has 4 rings (SSSR count).